The minimum atomic E-state index is 0.0897. The van der Waals surface area contributed by atoms with Crippen LogP contribution in [0.15, 0.2) is 0 Å². The van der Waals surface area contributed by atoms with Gasteiger partial charge in [-0.15, -0.1) is 0 Å². The SMILES string of the molecule is O=C1CCCc2c1c(C1CC1)nn2CCO. The van der Waals surface area contributed by atoms with E-state index in [1.165, 1.54) is 0 Å². The molecular weight excluding hydrogens is 204 g/mol. The van der Waals surface area contributed by atoms with E-state index in [1.54, 1.807) is 0 Å². The molecule has 1 aromatic rings. The number of carbonyl (C=O) groups is 1. The van der Waals surface area contributed by atoms with Crippen molar-refractivity contribution in [3.63, 3.8) is 0 Å². The molecule has 0 unspecified atom stereocenters. The van der Waals surface area contributed by atoms with E-state index in [2.05, 4.69) is 5.10 Å². The fourth-order valence-corrected chi connectivity index (χ4v) is 2.54. The van der Waals surface area contributed by atoms with Gasteiger partial charge in [-0.3, -0.25) is 9.48 Å². The van der Waals surface area contributed by atoms with Crippen LogP contribution in [-0.2, 0) is 13.0 Å². The van der Waals surface area contributed by atoms with E-state index in [0.717, 1.165) is 42.6 Å². The molecule has 0 aromatic carbocycles. The molecule has 1 fully saturated rings. The molecule has 0 radical (unpaired) electrons. The summed E-state index contributed by atoms with van der Waals surface area (Å²) < 4.78 is 1.85. The van der Waals surface area contributed by atoms with Crippen molar-refractivity contribution in [1.29, 1.82) is 0 Å². The lowest BCUT2D eigenvalue weighted by Crippen LogP contribution is -2.15. The number of rotatable bonds is 3. The summed E-state index contributed by atoms with van der Waals surface area (Å²) in [4.78, 5) is 11.9. The van der Waals surface area contributed by atoms with E-state index < -0.39 is 0 Å². The molecule has 0 amide bonds. The lowest BCUT2D eigenvalue weighted by atomic mass is 9.93. The third kappa shape index (κ3) is 1.48. The quantitative estimate of drug-likeness (QED) is 0.834. The van der Waals surface area contributed by atoms with Crippen molar-refractivity contribution in [1.82, 2.24) is 9.78 Å². The summed E-state index contributed by atoms with van der Waals surface area (Å²) in [5, 5.41) is 13.5. The number of nitrogens with zero attached hydrogens (tertiary/aromatic N) is 2. The molecular formula is C12H16N2O2. The van der Waals surface area contributed by atoms with Crippen molar-refractivity contribution >= 4 is 5.78 Å². The second-order valence-corrected chi connectivity index (χ2v) is 4.70. The highest BCUT2D eigenvalue weighted by atomic mass is 16.3. The van der Waals surface area contributed by atoms with E-state index in [9.17, 15) is 4.79 Å². The summed E-state index contributed by atoms with van der Waals surface area (Å²) >= 11 is 0. The molecule has 0 spiro atoms. The fourth-order valence-electron chi connectivity index (χ4n) is 2.54. The topological polar surface area (TPSA) is 55.1 Å². The van der Waals surface area contributed by atoms with Gasteiger partial charge in [0.05, 0.1) is 24.4 Å². The van der Waals surface area contributed by atoms with Crippen LogP contribution in [0.5, 0.6) is 0 Å². The molecule has 4 heteroatoms. The van der Waals surface area contributed by atoms with Crippen LogP contribution in [0.25, 0.3) is 0 Å². The molecule has 86 valence electrons. The van der Waals surface area contributed by atoms with Gasteiger partial charge in [0.1, 0.15) is 0 Å². The van der Waals surface area contributed by atoms with Gasteiger partial charge in [0.2, 0.25) is 0 Å². The van der Waals surface area contributed by atoms with Crippen LogP contribution < -0.4 is 0 Å². The number of aliphatic hydroxyl groups is 1. The van der Waals surface area contributed by atoms with Crippen LogP contribution in [0.1, 0.15) is 53.3 Å². The molecule has 1 heterocycles. The number of fused-ring (bicyclic) bond motifs is 1. The Morgan fingerprint density at radius 2 is 2.19 bits per heavy atom. The second kappa shape index (κ2) is 3.70. The number of aliphatic hydroxyl groups excluding tert-OH is 1. The number of hydrogen-bond donors (Lipinski definition) is 1. The van der Waals surface area contributed by atoms with Gasteiger partial charge >= 0.3 is 0 Å². The molecule has 1 saturated carbocycles. The Hall–Kier alpha value is -1.16. The Balaban J connectivity index is 2.08. The van der Waals surface area contributed by atoms with Crippen LogP contribution in [0.4, 0.5) is 0 Å². The molecule has 0 atom stereocenters. The summed E-state index contributed by atoms with van der Waals surface area (Å²) in [5.74, 6) is 0.767. The smallest absolute Gasteiger partial charge is 0.166 e. The Labute approximate surface area is 94.3 Å². The van der Waals surface area contributed by atoms with E-state index in [-0.39, 0.29) is 12.4 Å². The van der Waals surface area contributed by atoms with Gasteiger partial charge in [-0.1, -0.05) is 0 Å². The predicted molar refractivity (Wildman–Crippen MR) is 58.6 cm³/mol. The average Bonchev–Trinajstić information content (AvgIpc) is 3.04. The van der Waals surface area contributed by atoms with Crippen molar-refractivity contribution in [2.75, 3.05) is 6.61 Å². The molecule has 2 aliphatic rings. The van der Waals surface area contributed by atoms with Crippen LogP contribution in [-0.4, -0.2) is 27.3 Å². The highest BCUT2D eigenvalue weighted by Gasteiger charge is 2.35. The predicted octanol–water partition coefficient (Wildman–Crippen LogP) is 1.27. The van der Waals surface area contributed by atoms with Gasteiger partial charge in [0, 0.05) is 18.0 Å². The van der Waals surface area contributed by atoms with Crippen molar-refractivity contribution in [2.45, 2.75) is 44.6 Å². The zero-order chi connectivity index (χ0) is 11.1. The van der Waals surface area contributed by atoms with E-state index in [1.807, 2.05) is 4.68 Å². The highest BCUT2D eigenvalue weighted by molar-refractivity contribution is 5.99. The van der Waals surface area contributed by atoms with Gasteiger partial charge in [-0.2, -0.15) is 5.10 Å². The van der Waals surface area contributed by atoms with Gasteiger partial charge in [0.25, 0.3) is 0 Å². The summed E-state index contributed by atoms with van der Waals surface area (Å²) in [6, 6.07) is 0. The number of carbonyl (C=O) groups excluding carboxylic acids is 1. The van der Waals surface area contributed by atoms with Gasteiger partial charge in [0.15, 0.2) is 5.78 Å². The zero-order valence-corrected chi connectivity index (χ0v) is 9.28. The first kappa shape index (κ1) is 10.0. The maximum Gasteiger partial charge on any atom is 0.166 e. The zero-order valence-electron chi connectivity index (χ0n) is 9.28. The van der Waals surface area contributed by atoms with Crippen molar-refractivity contribution < 1.29 is 9.90 Å². The van der Waals surface area contributed by atoms with E-state index in [4.69, 9.17) is 5.11 Å². The first-order chi connectivity index (χ1) is 7.81. The van der Waals surface area contributed by atoms with Crippen LogP contribution in [0.3, 0.4) is 0 Å². The Kier molecular flexibility index (Phi) is 2.32. The first-order valence-electron chi connectivity index (χ1n) is 6.05. The minimum absolute atomic E-state index is 0.0897. The lowest BCUT2D eigenvalue weighted by molar-refractivity contribution is 0.0970. The lowest BCUT2D eigenvalue weighted by Gasteiger charge is -2.12. The number of aromatic nitrogens is 2. The highest BCUT2D eigenvalue weighted by Crippen LogP contribution is 2.43. The molecule has 3 rings (SSSR count). The van der Waals surface area contributed by atoms with Gasteiger partial charge in [-0.25, -0.2) is 0 Å². The third-order valence-corrected chi connectivity index (χ3v) is 3.46. The normalized spacial score (nSPS) is 19.9. The molecule has 16 heavy (non-hydrogen) atoms. The van der Waals surface area contributed by atoms with Crippen LogP contribution in [0.2, 0.25) is 0 Å². The van der Waals surface area contributed by atoms with Gasteiger partial charge < -0.3 is 5.11 Å². The first-order valence-corrected chi connectivity index (χ1v) is 6.05. The number of ketones is 1. The average molecular weight is 220 g/mol. The summed E-state index contributed by atoms with van der Waals surface area (Å²) in [5.41, 5.74) is 2.96. The molecule has 0 aliphatic heterocycles. The number of hydrogen-bond acceptors (Lipinski definition) is 3. The standard InChI is InChI=1S/C12H16N2O2/c15-7-6-14-9-2-1-3-10(16)11(9)12(13-14)8-4-5-8/h8,15H,1-7H2. The summed E-state index contributed by atoms with van der Waals surface area (Å²) in [6.07, 6.45) is 4.84. The number of Topliss-reactive ketones (excluding diaryl/α,β-unsaturated/α-hetero) is 1. The van der Waals surface area contributed by atoms with Crippen molar-refractivity contribution in [3.8, 4) is 0 Å². The Morgan fingerprint density at radius 3 is 2.88 bits per heavy atom. The van der Waals surface area contributed by atoms with Crippen molar-refractivity contribution in [2.24, 2.45) is 0 Å². The van der Waals surface area contributed by atoms with E-state index in [0.29, 0.717) is 18.9 Å². The van der Waals surface area contributed by atoms with Crippen LogP contribution in [0, 0.1) is 0 Å². The van der Waals surface area contributed by atoms with E-state index >= 15 is 0 Å². The van der Waals surface area contributed by atoms with Crippen LogP contribution >= 0.6 is 0 Å². The molecule has 0 bridgehead atoms. The molecule has 2 aliphatic carbocycles. The minimum Gasteiger partial charge on any atom is -0.394 e. The second-order valence-electron chi connectivity index (χ2n) is 4.70. The molecule has 0 saturated heterocycles. The maximum absolute atomic E-state index is 11.9. The largest absolute Gasteiger partial charge is 0.394 e. The molecule has 1 aromatic heterocycles. The monoisotopic (exact) mass is 220 g/mol. The van der Waals surface area contributed by atoms with Gasteiger partial charge in [-0.05, 0) is 25.7 Å². The molecule has 4 nitrogen and oxygen atoms in total. The Morgan fingerprint density at radius 1 is 1.38 bits per heavy atom. The summed E-state index contributed by atoms with van der Waals surface area (Å²) in [6.45, 7) is 0.606. The summed E-state index contributed by atoms with van der Waals surface area (Å²) in [7, 11) is 0. The fraction of sp³-hybridized carbons (Fsp3) is 0.667. The Bertz CT molecular complexity index is 432. The maximum atomic E-state index is 11.9. The third-order valence-electron chi connectivity index (χ3n) is 3.46. The van der Waals surface area contributed by atoms with Crippen molar-refractivity contribution in [3.05, 3.63) is 17.0 Å². The molecule has 1 N–H and O–H groups in total.